The molecular weight excluding hydrogens is 307 g/mol. The van der Waals surface area contributed by atoms with Crippen molar-refractivity contribution in [2.24, 2.45) is 0 Å². The molecule has 1 aromatic rings. The van der Waals surface area contributed by atoms with Gasteiger partial charge < -0.3 is 10.1 Å². The van der Waals surface area contributed by atoms with Gasteiger partial charge in [-0.3, -0.25) is 0 Å². The molecule has 6 heteroatoms. The van der Waals surface area contributed by atoms with Gasteiger partial charge in [-0.05, 0) is 57.7 Å². The van der Waals surface area contributed by atoms with E-state index in [4.69, 9.17) is 4.74 Å². The largest absolute Gasteiger partial charge is 0.444 e. The molecule has 2 bridgehead atoms. The van der Waals surface area contributed by atoms with Crippen molar-refractivity contribution >= 4 is 6.09 Å². The molecule has 0 aliphatic heterocycles. The number of alkyl halides is 3. The van der Waals surface area contributed by atoms with Crippen LogP contribution in [0.3, 0.4) is 0 Å². The summed E-state index contributed by atoms with van der Waals surface area (Å²) in [6.07, 6.45) is -2.48. The van der Waals surface area contributed by atoms with Gasteiger partial charge in [0.1, 0.15) is 5.60 Å². The quantitative estimate of drug-likeness (QED) is 0.874. The van der Waals surface area contributed by atoms with Crippen molar-refractivity contribution in [2.45, 2.75) is 62.8 Å². The zero-order valence-corrected chi connectivity index (χ0v) is 13.4. The molecule has 0 spiro atoms. The Hall–Kier alpha value is -1.72. The molecule has 3 aliphatic carbocycles. The van der Waals surface area contributed by atoms with E-state index in [0.717, 1.165) is 37.0 Å². The Labute approximate surface area is 133 Å². The second kappa shape index (κ2) is 4.65. The van der Waals surface area contributed by atoms with Crippen molar-refractivity contribution in [3.8, 4) is 0 Å². The molecule has 3 nitrogen and oxygen atoms in total. The average Bonchev–Trinajstić information content (AvgIpc) is 2.29. The lowest BCUT2D eigenvalue weighted by molar-refractivity contribution is -0.137. The second-order valence-corrected chi connectivity index (χ2v) is 7.79. The Kier molecular flexibility index (Phi) is 3.26. The summed E-state index contributed by atoms with van der Waals surface area (Å²) in [6, 6.07) is 5.37. The van der Waals surface area contributed by atoms with Crippen LogP contribution in [-0.4, -0.2) is 17.2 Å². The van der Waals surface area contributed by atoms with E-state index >= 15 is 0 Å². The number of carbonyl (C=O) groups is 1. The number of carbonyl (C=O) groups excluding carboxylic acids is 1. The predicted molar refractivity (Wildman–Crippen MR) is 79.1 cm³/mol. The molecule has 0 atom stereocenters. The Morgan fingerprint density at radius 1 is 1.09 bits per heavy atom. The molecule has 0 heterocycles. The van der Waals surface area contributed by atoms with E-state index in [1.54, 1.807) is 32.9 Å². The van der Waals surface area contributed by atoms with Gasteiger partial charge in [0.2, 0.25) is 0 Å². The van der Waals surface area contributed by atoms with Crippen molar-refractivity contribution in [2.75, 3.05) is 0 Å². The molecule has 1 N–H and O–H groups in total. The molecule has 126 valence electrons. The summed E-state index contributed by atoms with van der Waals surface area (Å²) < 4.78 is 43.1. The van der Waals surface area contributed by atoms with Gasteiger partial charge in [0.15, 0.2) is 0 Å². The third kappa shape index (κ3) is 2.91. The molecule has 1 amide bonds. The maximum absolute atomic E-state index is 12.6. The van der Waals surface area contributed by atoms with Crippen molar-refractivity contribution in [3.05, 3.63) is 35.4 Å². The highest BCUT2D eigenvalue weighted by atomic mass is 19.4. The van der Waals surface area contributed by atoms with Crippen LogP contribution < -0.4 is 5.32 Å². The van der Waals surface area contributed by atoms with Crippen molar-refractivity contribution in [3.63, 3.8) is 0 Å². The molecule has 3 fully saturated rings. The first-order valence-corrected chi connectivity index (χ1v) is 7.62. The lowest BCUT2D eigenvalue weighted by Crippen LogP contribution is -2.76. The van der Waals surface area contributed by atoms with Gasteiger partial charge in [-0.25, -0.2) is 4.79 Å². The summed E-state index contributed by atoms with van der Waals surface area (Å²) in [7, 11) is 0. The van der Waals surface area contributed by atoms with Crippen LogP contribution in [0.25, 0.3) is 0 Å². The lowest BCUT2D eigenvalue weighted by atomic mass is 9.37. The molecular formula is C17H20F3NO2. The highest BCUT2D eigenvalue weighted by molar-refractivity contribution is 5.70. The molecule has 0 aromatic heterocycles. The van der Waals surface area contributed by atoms with Gasteiger partial charge >= 0.3 is 12.3 Å². The Bertz CT molecular complexity index is 609. The number of amides is 1. The van der Waals surface area contributed by atoms with Gasteiger partial charge in [0.05, 0.1) is 5.56 Å². The normalized spacial score (nSPS) is 29.3. The minimum atomic E-state index is -4.31. The smallest absolute Gasteiger partial charge is 0.416 e. The number of alkyl carbamates (subject to hydrolysis) is 1. The third-order valence-electron chi connectivity index (χ3n) is 4.62. The van der Waals surface area contributed by atoms with Gasteiger partial charge in [-0.1, -0.05) is 12.1 Å². The summed E-state index contributed by atoms with van der Waals surface area (Å²) in [4.78, 5) is 11.8. The fourth-order valence-electron chi connectivity index (χ4n) is 3.76. The Morgan fingerprint density at radius 2 is 1.61 bits per heavy atom. The summed E-state index contributed by atoms with van der Waals surface area (Å²) in [5.74, 6) is 0. The summed E-state index contributed by atoms with van der Waals surface area (Å²) in [5, 5.41) is 2.90. The Morgan fingerprint density at radius 3 is 2.04 bits per heavy atom. The van der Waals surface area contributed by atoms with Crippen LogP contribution in [-0.2, 0) is 16.3 Å². The summed E-state index contributed by atoms with van der Waals surface area (Å²) in [5.41, 5.74) is -0.587. The molecule has 1 aromatic carbocycles. The third-order valence-corrected chi connectivity index (χ3v) is 4.62. The summed E-state index contributed by atoms with van der Waals surface area (Å²) in [6.45, 7) is 5.41. The van der Waals surface area contributed by atoms with Crippen LogP contribution >= 0.6 is 0 Å². The van der Waals surface area contributed by atoms with E-state index in [-0.39, 0.29) is 11.0 Å². The van der Waals surface area contributed by atoms with Gasteiger partial charge in [0, 0.05) is 11.0 Å². The van der Waals surface area contributed by atoms with Crippen LogP contribution in [0.5, 0.6) is 0 Å². The highest BCUT2D eigenvalue weighted by Gasteiger charge is 2.69. The molecule has 0 saturated heterocycles. The minimum Gasteiger partial charge on any atom is -0.444 e. The standard InChI is InChI=1S/C17H20F3NO2/c1-14(2,3)23-13(22)21-16-8-15(9-16,10-16)11-4-6-12(7-5-11)17(18,19)20/h4-7H,8-10H2,1-3H3,(H,21,22). The number of benzene rings is 1. The monoisotopic (exact) mass is 327 g/mol. The van der Waals surface area contributed by atoms with Crippen LogP contribution in [0.2, 0.25) is 0 Å². The fraction of sp³-hybridized carbons (Fsp3) is 0.588. The fourth-order valence-corrected chi connectivity index (χ4v) is 3.76. The number of halogens is 3. The molecule has 23 heavy (non-hydrogen) atoms. The van der Waals surface area contributed by atoms with Crippen molar-refractivity contribution < 1.29 is 22.7 Å². The average molecular weight is 327 g/mol. The van der Waals surface area contributed by atoms with Crippen LogP contribution in [0.1, 0.15) is 51.2 Å². The number of rotatable bonds is 2. The van der Waals surface area contributed by atoms with Crippen LogP contribution in [0.15, 0.2) is 24.3 Å². The predicted octanol–water partition coefficient (Wildman–Crippen LogP) is 4.40. The van der Waals surface area contributed by atoms with Crippen molar-refractivity contribution in [1.82, 2.24) is 5.32 Å². The minimum absolute atomic E-state index is 0.0842. The van der Waals surface area contributed by atoms with Gasteiger partial charge in [-0.2, -0.15) is 13.2 Å². The second-order valence-electron chi connectivity index (χ2n) is 7.79. The first-order chi connectivity index (χ1) is 10.4. The zero-order valence-electron chi connectivity index (χ0n) is 13.4. The molecule has 3 saturated carbocycles. The van der Waals surface area contributed by atoms with Crippen molar-refractivity contribution in [1.29, 1.82) is 0 Å². The number of ether oxygens (including phenoxy) is 1. The van der Waals surface area contributed by atoms with E-state index in [0.29, 0.717) is 0 Å². The zero-order chi connectivity index (χ0) is 17.1. The molecule has 3 aliphatic rings. The van der Waals surface area contributed by atoms with E-state index in [2.05, 4.69) is 5.32 Å². The first-order valence-electron chi connectivity index (χ1n) is 7.62. The van der Waals surface area contributed by atoms with Crippen LogP contribution in [0, 0.1) is 0 Å². The molecule has 0 radical (unpaired) electrons. The summed E-state index contributed by atoms with van der Waals surface area (Å²) >= 11 is 0. The highest BCUT2D eigenvalue weighted by Crippen LogP contribution is 2.67. The SMILES string of the molecule is CC(C)(C)OC(=O)NC12CC(c3ccc(C(F)(F)F)cc3)(C1)C2. The van der Waals surface area contributed by atoms with E-state index in [9.17, 15) is 18.0 Å². The molecule has 0 unspecified atom stereocenters. The Balaban J connectivity index is 1.60. The van der Waals surface area contributed by atoms with Crippen LogP contribution in [0.4, 0.5) is 18.0 Å². The van der Waals surface area contributed by atoms with Gasteiger partial charge in [0.25, 0.3) is 0 Å². The number of hydrogen-bond acceptors (Lipinski definition) is 2. The number of nitrogens with one attached hydrogen (secondary N) is 1. The number of hydrogen-bond donors (Lipinski definition) is 1. The topological polar surface area (TPSA) is 38.3 Å². The van der Waals surface area contributed by atoms with E-state index < -0.39 is 23.4 Å². The maximum atomic E-state index is 12.6. The van der Waals surface area contributed by atoms with E-state index in [1.807, 2.05) is 0 Å². The van der Waals surface area contributed by atoms with Gasteiger partial charge in [-0.15, -0.1) is 0 Å². The first kappa shape index (κ1) is 16.1. The van der Waals surface area contributed by atoms with E-state index in [1.165, 1.54) is 0 Å². The molecule has 4 rings (SSSR count). The lowest BCUT2D eigenvalue weighted by Gasteiger charge is -2.70. The maximum Gasteiger partial charge on any atom is 0.416 e.